The predicted octanol–water partition coefficient (Wildman–Crippen LogP) is 3.12. The highest BCUT2D eigenvalue weighted by Crippen LogP contribution is 2.34. The molecule has 0 radical (unpaired) electrons. The van der Waals surface area contributed by atoms with Crippen LogP contribution in [-0.4, -0.2) is 14.1 Å². The molecule has 2 heterocycles. The molecule has 0 spiro atoms. The van der Waals surface area contributed by atoms with E-state index >= 15 is 0 Å². The topological polar surface area (TPSA) is 92.1 Å². The summed E-state index contributed by atoms with van der Waals surface area (Å²) in [7, 11) is 0.806. The van der Waals surface area contributed by atoms with Crippen LogP contribution in [0.2, 0.25) is 5.02 Å². The SMILES string of the molecule is Cn1c(C(F)(F)F)cc(=O)n(-c2cc(Oc3ncccc3N)c(Cl)cc2F)c1=O. The van der Waals surface area contributed by atoms with Gasteiger partial charge in [-0.1, -0.05) is 11.6 Å². The van der Waals surface area contributed by atoms with Gasteiger partial charge in [-0.15, -0.1) is 0 Å². The monoisotopic (exact) mass is 430 g/mol. The third-order valence-corrected chi connectivity index (χ3v) is 4.16. The Kier molecular flexibility index (Phi) is 5.09. The number of alkyl halides is 3. The number of pyridine rings is 1. The number of rotatable bonds is 3. The summed E-state index contributed by atoms with van der Waals surface area (Å²) >= 11 is 5.93. The van der Waals surface area contributed by atoms with Crippen molar-refractivity contribution >= 4 is 17.3 Å². The first-order valence-corrected chi connectivity index (χ1v) is 8.16. The number of anilines is 1. The third kappa shape index (κ3) is 3.81. The van der Waals surface area contributed by atoms with E-state index in [1.165, 1.54) is 18.3 Å². The molecular weight excluding hydrogens is 420 g/mol. The number of aromatic nitrogens is 3. The Morgan fingerprint density at radius 1 is 1.21 bits per heavy atom. The zero-order valence-corrected chi connectivity index (χ0v) is 15.3. The van der Waals surface area contributed by atoms with E-state index in [2.05, 4.69) is 4.98 Å². The number of ether oxygens (including phenoxy) is 1. The number of benzene rings is 1. The average molecular weight is 431 g/mol. The van der Waals surface area contributed by atoms with E-state index in [0.717, 1.165) is 19.2 Å². The highest BCUT2D eigenvalue weighted by molar-refractivity contribution is 6.32. The zero-order valence-electron chi connectivity index (χ0n) is 14.5. The maximum Gasteiger partial charge on any atom is 0.431 e. The van der Waals surface area contributed by atoms with Gasteiger partial charge in [-0.3, -0.25) is 9.36 Å². The van der Waals surface area contributed by atoms with Crippen molar-refractivity contribution in [1.29, 1.82) is 0 Å². The summed E-state index contributed by atoms with van der Waals surface area (Å²) in [5, 5.41) is -0.243. The molecule has 0 fully saturated rings. The lowest BCUT2D eigenvalue weighted by Crippen LogP contribution is -2.41. The predicted molar refractivity (Wildman–Crippen MR) is 96.0 cm³/mol. The van der Waals surface area contributed by atoms with Crippen LogP contribution in [0.5, 0.6) is 11.6 Å². The molecule has 3 aromatic rings. The number of hydrogen-bond donors (Lipinski definition) is 1. The summed E-state index contributed by atoms with van der Waals surface area (Å²) < 4.78 is 59.2. The van der Waals surface area contributed by atoms with Gasteiger partial charge in [-0.05, 0) is 18.2 Å². The standard InChI is InChI=1S/C17H11ClF4N4O3/c1-25-13(17(20,21)22)7-14(27)26(16(25)28)11-6-12(8(18)5-9(11)19)29-15-10(23)3-2-4-24-15/h2-7H,23H2,1H3. The Morgan fingerprint density at radius 2 is 1.90 bits per heavy atom. The molecule has 7 nitrogen and oxygen atoms in total. The van der Waals surface area contributed by atoms with Crippen LogP contribution >= 0.6 is 11.6 Å². The van der Waals surface area contributed by atoms with E-state index < -0.39 is 34.6 Å². The van der Waals surface area contributed by atoms with Gasteiger partial charge >= 0.3 is 11.9 Å². The molecule has 0 bridgehead atoms. The second-order valence-electron chi connectivity index (χ2n) is 5.78. The summed E-state index contributed by atoms with van der Waals surface area (Å²) in [6.07, 6.45) is -3.59. The number of nitrogens with zero attached hydrogens (tertiary/aromatic N) is 3. The van der Waals surface area contributed by atoms with Gasteiger partial charge < -0.3 is 10.5 Å². The third-order valence-electron chi connectivity index (χ3n) is 3.86. The van der Waals surface area contributed by atoms with Crippen LogP contribution in [0, 0.1) is 5.82 Å². The summed E-state index contributed by atoms with van der Waals surface area (Å²) in [5.74, 6) is -1.43. The van der Waals surface area contributed by atoms with Crippen molar-refractivity contribution in [2.24, 2.45) is 7.05 Å². The lowest BCUT2D eigenvalue weighted by molar-refractivity contribution is -0.144. The van der Waals surface area contributed by atoms with E-state index in [1.807, 2.05) is 0 Å². The quantitative estimate of drug-likeness (QED) is 0.645. The van der Waals surface area contributed by atoms with Gasteiger partial charge in [0.15, 0.2) is 0 Å². The molecule has 0 unspecified atom stereocenters. The second-order valence-corrected chi connectivity index (χ2v) is 6.18. The molecule has 0 aliphatic carbocycles. The van der Waals surface area contributed by atoms with E-state index in [0.29, 0.717) is 0 Å². The van der Waals surface area contributed by atoms with Gasteiger partial charge in [-0.25, -0.2) is 18.7 Å². The van der Waals surface area contributed by atoms with E-state index in [-0.39, 0.29) is 37.5 Å². The summed E-state index contributed by atoms with van der Waals surface area (Å²) in [6.45, 7) is 0. The van der Waals surface area contributed by atoms with Crippen LogP contribution in [0.1, 0.15) is 5.69 Å². The maximum absolute atomic E-state index is 14.5. The molecule has 12 heteroatoms. The van der Waals surface area contributed by atoms with Gasteiger partial charge in [-0.2, -0.15) is 13.2 Å². The summed E-state index contributed by atoms with van der Waals surface area (Å²) in [5.41, 5.74) is 0.903. The molecule has 152 valence electrons. The van der Waals surface area contributed by atoms with Crippen molar-refractivity contribution in [1.82, 2.24) is 14.1 Å². The van der Waals surface area contributed by atoms with Crippen molar-refractivity contribution in [3.63, 3.8) is 0 Å². The van der Waals surface area contributed by atoms with E-state index in [4.69, 9.17) is 22.1 Å². The van der Waals surface area contributed by atoms with Crippen molar-refractivity contribution in [3.8, 4) is 17.3 Å². The minimum Gasteiger partial charge on any atom is -0.435 e. The molecule has 1 aromatic carbocycles. The van der Waals surface area contributed by atoms with E-state index in [9.17, 15) is 27.2 Å². The molecule has 0 saturated heterocycles. The van der Waals surface area contributed by atoms with Crippen LogP contribution in [0.3, 0.4) is 0 Å². The average Bonchev–Trinajstić information content (AvgIpc) is 2.62. The largest absolute Gasteiger partial charge is 0.435 e. The minimum absolute atomic E-state index is 0.0837. The molecule has 29 heavy (non-hydrogen) atoms. The Morgan fingerprint density at radius 3 is 2.52 bits per heavy atom. The van der Waals surface area contributed by atoms with Gasteiger partial charge in [0.1, 0.15) is 17.3 Å². The first-order valence-electron chi connectivity index (χ1n) is 7.78. The van der Waals surface area contributed by atoms with Crippen molar-refractivity contribution in [3.05, 3.63) is 73.9 Å². The van der Waals surface area contributed by atoms with Crippen molar-refractivity contribution < 1.29 is 22.3 Å². The lowest BCUT2D eigenvalue weighted by Gasteiger charge is -2.15. The molecule has 0 aliphatic rings. The molecule has 0 amide bonds. The number of nitrogen functional groups attached to an aromatic ring is 1. The van der Waals surface area contributed by atoms with Crippen molar-refractivity contribution in [2.45, 2.75) is 6.18 Å². The fraction of sp³-hybridized carbons (Fsp3) is 0.118. The first kappa shape index (κ1) is 20.4. The van der Waals surface area contributed by atoms with Crippen LogP contribution < -0.4 is 21.7 Å². The Bertz CT molecular complexity index is 1220. The van der Waals surface area contributed by atoms with E-state index in [1.54, 1.807) is 0 Å². The molecule has 2 aromatic heterocycles. The van der Waals surface area contributed by atoms with Gasteiger partial charge in [0.25, 0.3) is 5.56 Å². The lowest BCUT2D eigenvalue weighted by atomic mass is 10.2. The Hall–Kier alpha value is -3.34. The van der Waals surface area contributed by atoms with Gasteiger partial charge in [0.05, 0.1) is 16.4 Å². The van der Waals surface area contributed by atoms with Crippen LogP contribution in [0.25, 0.3) is 5.69 Å². The smallest absolute Gasteiger partial charge is 0.431 e. The molecule has 0 saturated carbocycles. The second kappa shape index (κ2) is 7.24. The fourth-order valence-electron chi connectivity index (χ4n) is 2.48. The van der Waals surface area contributed by atoms with Gasteiger partial charge in [0.2, 0.25) is 5.88 Å². The number of hydrogen-bond acceptors (Lipinski definition) is 5. The number of nitrogens with two attached hydrogens (primary N) is 1. The molecule has 0 atom stereocenters. The number of halogens is 5. The maximum atomic E-state index is 14.5. The molecule has 3 rings (SSSR count). The normalized spacial score (nSPS) is 11.5. The minimum atomic E-state index is -4.95. The highest BCUT2D eigenvalue weighted by atomic mass is 35.5. The van der Waals surface area contributed by atoms with Crippen molar-refractivity contribution in [2.75, 3.05) is 5.73 Å². The Balaban J connectivity index is 2.20. The molecule has 2 N–H and O–H groups in total. The van der Waals surface area contributed by atoms with Crippen LogP contribution in [0.15, 0.2) is 46.1 Å². The van der Waals surface area contributed by atoms with Gasteiger partial charge in [0, 0.05) is 25.4 Å². The summed E-state index contributed by atoms with van der Waals surface area (Å²) in [4.78, 5) is 28.4. The molecule has 0 aliphatic heterocycles. The summed E-state index contributed by atoms with van der Waals surface area (Å²) in [6, 6.07) is 4.83. The van der Waals surface area contributed by atoms with Crippen LogP contribution in [-0.2, 0) is 13.2 Å². The Labute approximate surface area is 164 Å². The highest BCUT2D eigenvalue weighted by Gasteiger charge is 2.35. The molecular formula is C17H11ClF4N4O3. The van der Waals surface area contributed by atoms with Crippen LogP contribution in [0.4, 0.5) is 23.2 Å². The zero-order chi connectivity index (χ0) is 21.5. The fourth-order valence-corrected chi connectivity index (χ4v) is 2.67. The first-order chi connectivity index (χ1) is 13.5.